The molecule has 10 nitrogen and oxygen atoms in total. The molecule has 0 atom stereocenters. The fourth-order valence-corrected chi connectivity index (χ4v) is 3.88. The molecule has 0 bridgehead atoms. The van der Waals surface area contributed by atoms with Crippen molar-refractivity contribution in [1.82, 2.24) is 30.1 Å². The number of H-pyrrole nitrogens is 1. The number of aliphatic hydroxyl groups excluding tert-OH is 1. The molecule has 1 saturated carbocycles. The van der Waals surface area contributed by atoms with Crippen molar-refractivity contribution < 1.29 is 9.90 Å². The minimum Gasteiger partial charge on any atom is -0.393 e. The Kier molecular flexibility index (Phi) is 4.39. The number of anilines is 2. The third kappa shape index (κ3) is 3.31. The van der Waals surface area contributed by atoms with Crippen LogP contribution in [0.4, 0.5) is 11.6 Å². The Morgan fingerprint density at radius 1 is 1.03 bits per heavy atom. The molecule has 10 heteroatoms. The maximum atomic E-state index is 12.7. The van der Waals surface area contributed by atoms with E-state index in [0.29, 0.717) is 41.7 Å². The van der Waals surface area contributed by atoms with Crippen LogP contribution in [-0.2, 0) is 4.79 Å². The van der Waals surface area contributed by atoms with Gasteiger partial charge >= 0.3 is 0 Å². The molecule has 5 rings (SSSR count). The molecule has 2 aliphatic rings. The summed E-state index contributed by atoms with van der Waals surface area (Å²) in [5, 5.41) is 19.5. The maximum Gasteiger partial charge on any atom is 0.247 e. The molecule has 0 radical (unpaired) electrons. The fraction of sp³-hybridized carbons (Fsp3) is 0.368. The van der Waals surface area contributed by atoms with Gasteiger partial charge in [-0.15, -0.1) is 0 Å². The summed E-state index contributed by atoms with van der Waals surface area (Å²) in [6.45, 7) is 0.201. The van der Waals surface area contributed by atoms with Crippen LogP contribution in [0.15, 0.2) is 30.9 Å². The average molecular weight is 392 g/mol. The first kappa shape index (κ1) is 17.7. The summed E-state index contributed by atoms with van der Waals surface area (Å²) in [5.74, 6) is 1.64. The lowest BCUT2D eigenvalue weighted by Gasteiger charge is -2.38. The summed E-state index contributed by atoms with van der Waals surface area (Å²) in [4.78, 5) is 32.1. The number of fused-ring (bicyclic) bond motifs is 1. The van der Waals surface area contributed by atoms with E-state index in [-0.39, 0.29) is 24.6 Å². The van der Waals surface area contributed by atoms with E-state index in [9.17, 15) is 9.90 Å². The molecule has 3 N–H and O–H groups in total. The molecule has 0 spiro atoms. The molecular formula is C19H20N8O2. The normalized spacial score (nSPS) is 21.6. The van der Waals surface area contributed by atoms with Crippen LogP contribution < -0.4 is 10.2 Å². The quantitative estimate of drug-likeness (QED) is 0.609. The van der Waals surface area contributed by atoms with Crippen molar-refractivity contribution in [2.75, 3.05) is 16.8 Å². The van der Waals surface area contributed by atoms with E-state index in [4.69, 9.17) is 4.98 Å². The van der Waals surface area contributed by atoms with Crippen molar-refractivity contribution in [2.45, 2.75) is 37.8 Å². The Hall–Kier alpha value is -3.40. The zero-order valence-corrected chi connectivity index (χ0v) is 15.6. The molecule has 0 unspecified atom stereocenters. The number of nitrogens with zero attached hydrogens (tertiary/aromatic N) is 6. The van der Waals surface area contributed by atoms with Crippen molar-refractivity contribution in [3.63, 3.8) is 0 Å². The topological polar surface area (TPSA) is 133 Å². The molecule has 0 saturated heterocycles. The molecule has 3 aromatic rings. The standard InChI is InChI=1S/C19H20N8O2/c28-13-4-2-12(3-5-13)27-16(29)9-22-18-19(27)25-15(8-21-18)11-1-6-14(20-7-11)17-23-10-24-26-17/h1,6-8,10,12-13,28H,2-5,9H2,(H,21,22)(H,23,24,26)/t12-,13-. The Morgan fingerprint density at radius 2 is 1.90 bits per heavy atom. The number of nitrogens with one attached hydrogen (secondary N) is 2. The van der Waals surface area contributed by atoms with Crippen molar-refractivity contribution in [2.24, 2.45) is 0 Å². The number of rotatable bonds is 3. The monoisotopic (exact) mass is 392 g/mol. The van der Waals surface area contributed by atoms with Gasteiger partial charge in [-0.2, -0.15) is 5.10 Å². The summed E-state index contributed by atoms with van der Waals surface area (Å²) in [6, 6.07) is 3.74. The Labute approximate surface area is 166 Å². The number of carbonyl (C=O) groups excluding carboxylic acids is 1. The van der Waals surface area contributed by atoms with Gasteiger partial charge in [-0.25, -0.2) is 15.0 Å². The lowest BCUT2D eigenvalue weighted by atomic mass is 9.91. The van der Waals surface area contributed by atoms with Crippen LogP contribution in [0.2, 0.25) is 0 Å². The van der Waals surface area contributed by atoms with Crippen LogP contribution in [0, 0.1) is 0 Å². The predicted octanol–water partition coefficient (Wildman–Crippen LogP) is 1.39. The number of aromatic amines is 1. The first-order valence-electron chi connectivity index (χ1n) is 9.62. The minimum atomic E-state index is -0.283. The molecule has 4 heterocycles. The van der Waals surface area contributed by atoms with E-state index < -0.39 is 0 Å². The Balaban J connectivity index is 1.47. The Morgan fingerprint density at radius 3 is 2.62 bits per heavy atom. The summed E-state index contributed by atoms with van der Waals surface area (Å²) in [7, 11) is 0. The number of amides is 1. The summed E-state index contributed by atoms with van der Waals surface area (Å²) >= 11 is 0. The molecule has 1 aliphatic heterocycles. The van der Waals surface area contributed by atoms with Crippen molar-refractivity contribution >= 4 is 17.5 Å². The van der Waals surface area contributed by atoms with Gasteiger partial charge in [0.05, 0.1) is 24.5 Å². The van der Waals surface area contributed by atoms with Crippen LogP contribution in [0.5, 0.6) is 0 Å². The zero-order chi connectivity index (χ0) is 19.8. The van der Waals surface area contributed by atoms with Crippen LogP contribution in [-0.4, -0.2) is 59.8 Å². The number of hydrogen-bond acceptors (Lipinski definition) is 8. The Bertz CT molecular complexity index is 1010. The van der Waals surface area contributed by atoms with E-state index >= 15 is 0 Å². The largest absolute Gasteiger partial charge is 0.393 e. The molecule has 1 amide bonds. The maximum absolute atomic E-state index is 12.7. The molecular weight excluding hydrogens is 372 g/mol. The number of aliphatic hydroxyl groups is 1. The lowest BCUT2D eigenvalue weighted by Crippen LogP contribution is -2.49. The van der Waals surface area contributed by atoms with Crippen molar-refractivity contribution in [1.29, 1.82) is 0 Å². The highest BCUT2D eigenvalue weighted by Crippen LogP contribution is 2.34. The number of hydrogen-bond donors (Lipinski definition) is 3. The molecule has 1 fully saturated rings. The van der Waals surface area contributed by atoms with Gasteiger partial charge in [0.25, 0.3) is 0 Å². The highest BCUT2D eigenvalue weighted by atomic mass is 16.3. The fourth-order valence-electron chi connectivity index (χ4n) is 3.88. The van der Waals surface area contributed by atoms with Gasteiger partial charge in [0.2, 0.25) is 5.91 Å². The van der Waals surface area contributed by atoms with Gasteiger partial charge in [0.1, 0.15) is 12.0 Å². The summed E-state index contributed by atoms with van der Waals surface area (Å²) < 4.78 is 0. The summed E-state index contributed by atoms with van der Waals surface area (Å²) in [6.07, 6.45) is 7.48. The van der Waals surface area contributed by atoms with Gasteiger partial charge < -0.3 is 10.4 Å². The SMILES string of the molecule is O=C1CNc2ncc(-c3ccc(-c4nc[nH]n4)nc3)nc2N1[C@H]1CC[C@H](O)CC1. The third-order valence-electron chi connectivity index (χ3n) is 5.39. The van der Waals surface area contributed by atoms with Crippen molar-refractivity contribution in [3.8, 4) is 22.8 Å². The molecule has 148 valence electrons. The van der Waals surface area contributed by atoms with Gasteiger partial charge in [-0.1, -0.05) is 0 Å². The van der Waals surface area contributed by atoms with E-state index in [1.54, 1.807) is 17.3 Å². The van der Waals surface area contributed by atoms with E-state index in [1.165, 1.54) is 6.33 Å². The second-order valence-corrected chi connectivity index (χ2v) is 7.26. The van der Waals surface area contributed by atoms with Crippen LogP contribution in [0.25, 0.3) is 22.8 Å². The molecule has 0 aromatic carbocycles. The molecule has 1 aliphatic carbocycles. The first-order valence-corrected chi connectivity index (χ1v) is 9.62. The predicted molar refractivity (Wildman–Crippen MR) is 105 cm³/mol. The molecule has 3 aromatic heterocycles. The number of aromatic nitrogens is 6. The van der Waals surface area contributed by atoms with E-state index in [1.807, 2.05) is 12.1 Å². The first-order chi connectivity index (χ1) is 14.2. The zero-order valence-electron chi connectivity index (χ0n) is 15.6. The van der Waals surface area contributed by atoms with Gasteiger partial charge in [-0.3, -0.25) is 19.8 Å². The number of carbonyl (C=O) groups is 1. The number of pyridine rings is 1. The average Bonchev–Trinajstić information content (AvgIpc) is 3.29. The second kappa shape index (κ2) is 7.21. The summed E-state index contributed by atoms with van der Waals surface area (Å²) in [5.41, 5.74) is 2.08. The highest BCUT2D eigenvalue weighted by Gasteiger charge is 2.34. The highest BCUT2D eigenvalue weighted by molar-refractivity contribution is 6.01. The van der Waals surface area contributed by atoms with Gasteiger partial charge in [-0.05, 0) is 37.8 Å². The van der Waals surface area contributed by atoms with Crippen LogP contribution in [0.3, 0.4) is 0 Å². The van der Waals surface area contributed by atoms with E-state index in [2.05, 4.69) is 30.5 Å². The second-order valence-electron chi connectivity index (χ2n) is 7.26. The smallest absolute Gasteiger partial charge is 0.247 e. The van der Waals surface area contributed by atoms with E-state index in [0.717, 1.165) is 18.4 Å². The van der Waals surface area contributed by atoms with Crippen molar-refractivity contribution in [3.05, 3.63) is 30.9 Å². The van der Waals surface area contributed by atoms with Gasteiger partial charge in [0.15, 0.2) is 17.5 Å². The third-order valence-corrected chi connectivity index (χ3v) is 5.39. The molecule has 29 heavy (non-hydrogen) atoms. The minimum absolute atomic E-state index is 0.0246. The van der Waals surface area contributed by atoms with Gasteiger partial charge in [0, 0.05) is 17.8 Å². The van der Waals surface area contributed by atoms with Crippen LogP contribution in [0.1, 0.15) is 25.7 Å². The lowest BCUT2D eigenvalue weighted by molar-refractivity contribution is -0.118. The van der Waals surface area contributed by atoms with Crippen LogP contribution >= 0.6 is 0 Å².